The van der Waals surface area contributed by atoms with E-state index in [0.717, 1.165) is 59.3 Å². The highest BCUT2D eigenvalue weighted by Gasteiger charge is 2.50. The van der Waals surface area contributed by atoms with Crippen LogP contribution in [-0.2, 0) is 26.7 Å². The topological polar surface area (TPSA) is 72.9 Å². The Kier molecular flexibility index (Phi) is 6.11. The predicted octanol–water partition coefficient (Wildman–Crippen LogP) is 5.80. The van der Waals surface area contributed by atoms with Crippen molar-refractivity contribution in [2.45, 2.75) is 75.3 Å². The maximum atomic E-state index is 13.5. The normalized spacial score (nSPS) is 22.0. The van der Waals surface area contributed by atoms with Gasteiger partial charge >= 0.3 is 0 Å². The van der Waals surface area contributed by atoms with Crippen LogP contribution in [0.2, 0.25) is 0 Å². The van der Waals surface area contributed by atoms with Crippen LogP contribution in [0.5, 0.6) is 11.5 Å². The lowest BCUT2D eigenvalue weighted by Gasteiger charge is -2.25. The molecule has 2 heterocycles. The Morgan fingerprint density at radius 2 is 1.61 bits per heavy atom. The molecule has 0 aromatic heterocycles. The van der Waals surface area contributed by atoms with E-state index in [-0.39, 0.29) is 24.7 Å². The Morgan fingerprint density at radius 1 is 0.921 bits per heavy atom. The largest absolute Gasteiger partial charge is 0.454 e. The molecule has 1 saturated heterocycles. The lowest BCUT2D eigenvalue weighted by Crippen LogP contribution is -2.38. The molecule has 3 aromatic rings. The van der Waals surface area contributed by atoms with Crippen molar-refractivity contribution in [3.05, 3.63) is 77.4 Å². The molecule has 6 rings (SSSR count). The van der Waals surface area contributed by atoms with Gasteiger partial charge in [-0.05, 0) is 98.5 Å². The Labute approximate surface area is 224 Å². The highest BCUT2D eigenvalue weighted by atomic mass is 32.2. The number of carbonyl (C=O) groups excluding carboxylic acids is 1. The molecule has 0 N–H and O–H groups in total. The van der Waals surface area contributed by atoms with E-state index in [1.807, 2.05) is 63.2 Å². The molecule has 3 aromatic carbocycles. The van der Waals surface area contributed by atoms with Gasteiger partial charge in [-0.2, -0.15) is 4.31 Å². The average Bonchev–Trinajstić information content (AvgIpc) is 3.46. The number of aryl methyl sites for hydroxylation is 1. The molecule has 1 saturated carbocycles. The Morgan fingerprint density at radius 3 is 2.29 bits per heavy atom. The second-order valence-electron chi connectivity index (χ2n) is 11.0. The summed E-state index contributed by atoms with van der Waals surface area (Å²) in [6.45, 7) is 6.21. The monoisotopic (exact) mass is 531 g/mol. The maximum Gasteiger partial charge on any atom is 0.243 e. The molecule has 3 aliphatic rings. The van der Waals surface area contributed by atoms with Crippen LogP contribution < -0.4 is 9.47 Å². The number of carbonyl (C=O) groups is 1. The lowest BCUT2D eigenvalue weighted by molar-refractivity contribution is -0.120. The van der Waals surface area contributed by atoms with Crippen LogP contribution in [0, 0.1) is 6.92 Å². The van der Waals surface area contributed by atoms with Gasteiger partial charge in [0.05, 0.1) is 10.3 Å². The second kappa shape index (κ2) is 9.24. The molecule has 2 unspecified atom stereocenters. The van der Waals surface area contributed by atoms with Gasteiger partial charge in [0.15, 0.2) is 11.5 Å². The van der Waals surface area contributed by atoms with Crippen molar-refractivity contribution in [1.29, 1.82) is 0 Å². The van der Waals surface area contributed by atoms with E-state index in [1.165, 1.54) is 0 Å². The smallest absolute Gasteiger partial charge is 0.243 e. The summed E-state index contributed by atoms with van der Waals surface area (Å²) in [5.41, 5.74) is 4.53. The molecule has 0 bridgehead atoms. The van der Waals surface area contributed by atoms with E-state index in [4.69, 9.17) is 9.47 Å². The summed E-state index contributed by atoms with van der Waals surface area (Å²) in [5, 5.41) is 0. The van der Waals surface area contributed by atoms with Crippen molar-refractivity contribution in [3.8, 4) is 22.6 Å². The van der Waals surface area contributed by atoms with Gasteiger partial charge in [-0.3, -0.25) is 4.79 Å². The summed E-state index contributed by atoms with van der Waals surface area (Å²) in [7, 11) is -3.54. The number of sulfonamides is 1. The van der Waals surface area contributed by atoms with E-state index in [2.05, 4.69) is 6.07 Å². The highest BCUT2D eigenvalue weighted by molar-refractivity contribution is 7.89. The lowest BCUT2D eigenvalue weighted by atomic mass is 9.87. The van der Waals surface area contributed by atoms with Crippen LogP contribution in [0.3, 0.4) is 0 Å². The minimum atomic E-state index is -3.54. The summed E-state index contributed by atoms with van der Waals surface area (Å²) in [5.74, 6) is 1.64. The Bertz CT molecular complexity index is 1500. The third kappa shape index (κ3) is 4.22. The minimum absolute atomic E-state index is 0.0126. The third-order valence-corrected chi connectivity index (χ3v) is 10.6. The van der Waals surface area contributed by atoms with Gasteiger partial charge in [0, 0.05) is 18.5 Å². The quantitative estimate of drug-likeness (QED) is 0.386. The molecular weight excluding hydrogens is 498 g/mol. The van der Waals surface area contributed by atoms with Gasteiger partial charge in [-0.1, -0.05) is 36.4 Å². The average molecular weight is 532 g/mol. The van der Waals surface area contributed by atoms with Crippen LogP contribution in [-0.4, -0.2) is 37.4 Å². The number of ether oxygens (including phenoxy) is 2. The molecule has 198 valence electrons. The SMILES string of the molecule is Cc1ccc(CC(=O)C2(c3ccc4c(c3)OCO4)CC2)cc1-c1ccc(S(=O)(=O)N2C(C)CCC2C)cc1. The predicted molar refractivity (Wildman–Crippen MR) is 146 cm³/mol. The number of rotatable bonds is 7. The van der Waals surface area contributed by atoms with Crippen molar-refractivity contribution in [2.75, 3.05) is 6.79 Å². The van der Waals surface area contributed by atoms with Crippen LogP contribution in [0.15, 0.2) is 65.6 Å². The summed E-state index contributed by atoms with van der Waals surface area (Å²) in [6.07, 6.45) is 3.81. The van der Waals surface area contributed by atoms with Gasteiger partial charge in [0.2, 0.25) is 16.8 Å². The van der Waals surface area contributed by atoms with Gasteiger partial charge in [0.1, 0.15) is 5.78 Å². The van der Waals surface area contributed by atoms with E-state index in [0.29, 0.717) is 17.1 Å². The molecule has 0 amide bonds. The number of benzene rings is 3. The van der Waals surface area contributed by atoms with Crippen LogP contribution in [0.4, 0.5) is 0 Å². The summed E-state index contributed by atoms with van der Waals surface area (Å²) in [6, 6.07) is 19.1. The van der Waals surface area contributed by atoms with Gasteiger partial charge in [-0.15, -0.1) is 0 Å². The first-order valence-corrected chi connectivity index (χ1v) is 14.8. The number of nitrogens with zero attached hydrogens (tertiary/aromatic N) is 1. The summed E-state index contributed by atoms with van der Waals surface area (Å²) >= 11 is 0. The fourth-order valence-corrected chi connectivity index (χ4v) is 7.95. The number of ketones is 1. The first kappa shape index (κ1) is 25.1. The minimum Gasteiger partial charge on any atom is -0.454 e. The zero-order chi connectivity index (χ0) is 26.7. The number of hydrogen-bond acceptors (Lipinski definition) is 5. The maximum absolute atomic E-state index is 13.5. The van der Waals surface area contributed by atoms with Crippen molar-refractivity contribution < 1.29 is 22.7 Å². The van der Waals surface area contributed by atoms with Crippen molar-refractivity contribution in [2.24, 2.45) is 0 Å². The molecule has 1 aliphatic carbocycles. The molecule has 0 spiro atoms. The first-order chi connectivity index (χ1) is 18.2. The molecule has 6 nitrogen and oxygen atoms in total. The standard InChI is InChI=1S/C31H33NO5S/c1-20-4-7-23(17-30(33)31(14-15-31)25-10-13-28-29(18-25)37-19-36-28)16-27(20)24-8-11-26(12-9-24)38(34,35)32-21(2)5-6-22(32)3/h4,7-13,16,18,21-22H,5-6,14-15,17,19H2,1-3H3. The number of Topliss-reactive ketones (excluding diaryl/α,β-unsaturated/α-hetero) is 1. The second-order valence-corrected chi connectivity index (χ2v) is 12.9. The van der Waals surface area contributed by atoms with Crippen LogP contribution in [0.1, 0.15) is 56.2 Å². The molecule has 2 atom stereocenters. The molecule has 0 radical (unpaired) electrons. The molecule has 7 heteroatoms. The fraction of sp³-hybridized carbons (Fsp3) is 0.387. The molecule has 2 aliphatic heterocycles. The molecular formula is C31H33NO5S. The Balaban J connectivity index is 1.23. The highest BCUT2D eigenvalue weighted by Crippen LogP contribution is 2.51. The van der Waals surface area contributed by atoms with Gasteiger partial charge in [0.25, 0.3) is 0 Å². The number of fused-ring (bicyclic) bond motifs is 1. The summed E-state index contributed by atoms with van der Waals surface area (Å²) < 4.78 is 39.2. The molecule has 38 heavy (non-hydrogen) atoms. The van der Waals surface area contributed by atoms with Gasteiger partial charge < -0.3 is 9.47 Å². The van der Waals surface area contributed by atoms with E-state index in [1.54, 1.807) is 16.4 Å². The van der Waals surface area contributed by atoms with Crippen LogP contribution in [0.25, 0.3) is 11.1 Å². The molecule has 2 fully saturated rings. The van der Waals surface area contributed by atoms with E-state index in [9.17, 15) is 13.2 Å². The van der Waals surface area contributed by atoms with Crippen molar-refractivity contribution in [3.63, 3.8) is 0 Å². The summed E-state index contributed by atoms with van der Waals surface area (Å²) in [4.78, 5) is 13.8. The fourth-order valence-electron chi connectivity index (χ4n) is 6.07. The van der Waals surface area contributed by atoms with Gasteiger partial charge in [-0.25, -0.2) is 8.42 Å². The van der Waals surface area contributed by atoms with Crippen molar-refractivity contribution in [1.82, 2.24) is 4.31 Å². The van der Waals surface area contributed by atoms with E-state index >= 15 is 0 Å². The third-order valence-electron chi connectivity index (χ3n) is 8.49. The van der Waals surface area contributed by atoms with E-state index < -0.39 is 15.4 Å². The zero-order valence-corrected chi connectivity index (χ0v) is 22.9. The van der Waals surface area contributed by atoms with Crippen LogP contribution >= 0.6 is 0 Å². The zero-order valence-electron chi connectivity index (χ0n) is 22.1. The van der Waals surface area contributed by atoms with Crippen molar-refractivity contribution >= 4 is 15.8 Å². The Hall–Kier alpha value is -3.16. The number of hydrogen-bond donors (Lipinski definition) is 0. The first-order valence-electron chi connectivity index (χ1n) is 13.4.